The average Bonchev–Trinajstić information content (AvgIpc) is 2.87. The lowest BCUT2D eigenvalue weighted by atomic mass is 10.0. The molecule has 2 fully saturated rings. The topological polar surface area (TPSA) is 73.5 Å². The van der Waals surface area contributed by atoms with E-state index in [1.54, 1.807) is 0 Å². The van der Waals surface area contributed by atoms with Crippen LogP contribution in [0.5, 0.6) is 0 Å². The van der Waals surface area contributed by atoms with E-state index < -0.39 is 0 Å². The van der Waals surface area contributed by atoms with Gasteiger partial charge >= 0.3 is 0 Å². The van der Waals surface area contributed by atoms with E-state index in [0.29, 0.717) is 19.8 Å². The predicted octanol–water partition coefficient (Wildman–Crippen LogP) is 0.587. The van der Waals surface area contributed by atoms with Crippen molar-refractivity contribution in [1.29, 1.82) is 0 Å². The number of hydrogen-bond acceptors (Lipinski definition) is 6. The van der Waals surface area contributed by atoms with Crippen molar-refractivity contribution in [2.75, 3.05) is 31.2 Å². The van der Waals surface area contributed by atoms with Gasteiger partial charge in [-0.05, 0) is 13.0 Å². The minimum atomic E-state index is -0.350. The van der Waals surface area contributed by atoms with Gasteiger partial charge in [0.2, 0.25) is 5.95 Å². The predicted molar refractivity (Wildman–Crippen MR) is 70.7 cm³/mol. The van der Waals surface area contributed by atoms with E-state index in [1.165, 1.54) is 0 Å². The molecule has 0 radical (unpaired) electrons. The number of piperidine rings is 1. The molecule has 1 spiro atoms. The van der Waals surface area contributed by atoms with Crippen LogP contribution in [0.25, 0.3) is 0 Å². The Morgan fingerprint density at radius 3 is 2.58 bits per heavy atom. The Hall–Kier alpha value is -1.24. The number of ether oxygens (including phenoxy) is 2. The van der Waals surface area contributed by atoms with Gasteiger partial charge in [-0.2, -0.15) is 0 Å². The van der Waals surface area contributed by atoms with E-state index in [4.69, 9.17) is 15.2 Å². The summed E-state index contributed by atoms with van der Waals surface area (Å²) in [5, 5.41) is 0. The van der Waals surface area contributed by atoms with Crippen LogP contribution in [0.15, 0.2) is 6.07 Å². The van der Waals surface area contributed by atoms with E-state index in [-0.39, 0.29) is 5.79 Å². The standard InChI is InChI=1S/C13H20N4O2/c1-10-8-11(9-14)16-12(15-10)17-4-2-13(3-5-17)18-6-7-19-13/h8H,2-7,9,14H2,1H3. The molecule has 6 nitrogen and oxygen atoms in total. The van der Waals surface area contributed by atoms with Gasteiger partial charge in [0.15, 0.2) is 5.79 Å². The highest BCUT2D eigenvalue weighted by molar-refractivity contribution is 5.33. The largest absolute Gasteiger partial charge is 0.347 e. The Bertz CT molecular complexity index is 450. The first-order valence-corrected chi connectivity index (χ1v) is 6.78. The number of nitrogens with zero attached hydrogens (tertiary/aromatic N) is 3. The molecule has 0 aromatic carbocycles. The molecule has 3 heterocycles. The molecule has 0 atom stereocenters. The second-order valence-electron chi connectivity index (χ2n) is 5.10. The highest BCUT2D eigenvalue weighted by Crippen LogP contribution is 2.32. The molecule has 3 rings (SSSR count). The third-order valence-electron chi connectivity index (χ3n) is 3.73. The maximum atomic E-state index is 5.72. The van der Waals surface area contributed by atoms with E-state index in [0.717, 1.165) is 43.3 Å². The summed E-state index contributed by atoms with van der Waals surface area (Å²) in [4.78, 5) is 11.2. The van der Waals surface area contributed by atoms with Crippen LogP contribution in [-0.4, -0.2) is 42.1 Å². The molecule has 2 saturated heterocycles. The van der Waals surface area contributed by atoms with Gasteiger partial charge in [0, 0.05) is 38.2 Å². The van der Waals surface area contributed by atoms with Crippen molar-refractivity contribution in [1.82, 2.24) is 9.97 Å². The van der Waals surface area contributed by atoms with Gasteiger partial charge in [-0.3, -0.25) is 0 Å². The fraction of sp³-hybridized carbons (Fsp3) is 0.692. The Labute approximate surface area is 112 Å². The summed E-state index contributed by atoms with van der Waals surface area (Å²) in [6, 6.07) is 1.93. The SMILES string of the molecule is Cc1cc(CN)nc(N2CCC3(CC2)OCCO3)n1. The first-order chi connectivity index (χ1) is 9.21. The molecule has 0 saturated carbocycles. The number of aromatic nitrogens is 2. The smallest absolute Gasteiger partial charge is 0.225 e. The van der Waals surface area contributed by atoms with Crippen LogP contribution in [0.1, 0.15) is 24.2 Å². The Morgan fingerprint density at radius 1 is 1.26 bits per heavy atom. The second-order valence-corrected chi connectivity index (χ2v) is 5.10. The van der Waals surface area contributed by atoms with Crippen molar-refractivity contribution in [2.45, 2.75) is 32.1 Å². The van der Waals surface area contributed by atoms with Crippen LogP contribution in [0.4, 0.5) is 5.95 Å². The van der Waals surface area contributed by atoms with E-state index in [9.17, 15) is 0 Å². The van der Waals surface area contributed by atoms with Crippen LogP contribution in [-0.2, 0) is 16.0 Å². The molecule has 1 aromatic heterocycles. The monoisotopic (exact) mass is 264 g/mol. The van der Waals surface area contributed by atoms with Crippen molar-refractivity contribution in [3.63, 3.8) is 0 Å². The van der Waals surface area contributed by atoms with Crippen molar-refractivity contribution in [3.8, 4) is 0 Å². The molecule has 0 bridgehead atoms. The third kappa shape index (κ3) is 2.56. The van der Waals surface area contributed by atoms with E-state index >= 15 is 0 Å². The van der Waals surface area contributed by atoms with Gasteiger partial charge in [0.1, 0.15) is 0 Å². The van der Waals surface area contributed by atoms with Crippen LogP contribution < -0.4 is 10.6 Å². The normalized spacial score (nSPS) is 22.1. The van der Waals surface area contributed by atoms with Crippen LogP contribution >= 0.6 is 0 Å². The van der Waals surface area contributed by atoms with E-state index in [1.807, 2.05) is 13.0 Å². The first kappa shape index (κ1) is 12.8. The molecule has 6 heteroatoms. The van der Waals surface area contributed by atoms with Gasteiger partial charge in [-0.25, -0.2) is 9.97 Å². The van der Waals surface area contributed by atoms with Gasteiger partial charge in [0.25, 0.3) is 0 Å². The van der Waals surface area contributed by atoms with Crippen LogP contribution in [0.3, 0.4) is 0 Å². The zero-order valence-corrected chi connectivity index (χ0v) is 11.3. The fourth-order valence-corrected chi connectivity index (χ4v) is 2.70. The summed E-state index contributed by atoms with van der Waals surface area (Å²) >= 11 is 0. The summed E-state index contributed by atoms with van der Waals surface area (Å²) in [6.45, 7) is 5.54. The summed E-state index contributed by atoms with van der Waals surface area (Å²) in [5.74, 6) is 0.421. The van der Waals surface area contributed by atoms with Crippen molar-refractivity contribution >= 4 is 5.95 Å². The number of nitrogens with two attached hydrogens (primary N) is 1. The fourth-order valence-electron chi connectivity index (χ4n) is 2.70. The van der Waals surface area contributed by atoms with Crippen molar-refractivity contribution in [2.24, 2.45) is 5.73 Å². The molecule has 0 unspecified atom stereocenters. The van der Waals surface area contributed by atoms with Gasteiger partial charge < -0.3 is 20.1 Å². The molecular weight excluding hydrogens is 244 g/mol. The quantitative estimate of drug-likeness (QED) is 0.842. The Balaban J connectivity index is 1.72. The van der Waals surface area contributed by atoms with Crippen molar-refractivity contribution in [3.05, 3.63) is 17.5 Å². The van der Waals surface area contributed by atoms with Gasteiger partial charge in [-0.1, -0.05) is 0 Å². The first-order valence-electron chi connectivity index (χ1n) is 6.78. The van der Waals surface area contributed by atoms with Gasteiger partial charge in [0.05, 0.1) is 18.9 Å². The number of rotatable bonds is 2. The lowest BCUT2D eigenvalue weighted by Crippen LogP contribution is -2.45. The summed E-state index contributed by atoms with van der Waals surface area (Å²) in [7, 11) is 0. The molecule has 2 aliphatic heterocycles. The molecule has 0 amide bonds. The van der Waals surface area contributed by atoms with Crippen LogP contribution in [0.2, 0.25) is 0 Å². The lowest BCUT2D eigenvalue weighted by molar-refractivity contribution is -0.169. The molecular formula is C13H20N4O2. The molecule has 19 heavy (non-hydrogen) atoms. The van der Waals surface area contributed by atoms with Crippen molar-refractivity contribution < 1.29 is 9.47 Å². The Morgan fingerprint density at radius 2 is 1.95 bits per heavy atom. The van der Waals surface area contributed by atoms with Crippen LogP contribution in [0, 0.1) is 6.92 Å². The molecule has 104 valence electrons. The highest BCUT2D eigenvalue weighted by atomic mass is 16.7. The molecule has 0 aliphatic carbocycles. The number of anilines is 1. The molecule has 1 aromatic rings. The summed E-state index contributed by atoms with van der Waals surface area (Å²) < 4.78 is 11.4. The maximum Gasteiger partial charge on any atom is 0.225 e. The maximum absolute atomic E-state index is 5.72. The zero-order valence-electron chi connectivity index (χ0n) is 11.3. The lowest BCUT2D eigenvalue weighted by Gasteiger charge is -2.37. The second kappa shape index (κ2) is 5.03. The minimum Gasteiger partial charge on any atom is -0.347 e. The highest BCUT2D eigenvalue weighted by Gasteiger charge is 2.40. The third-order valence-corrected chi connectivity index (χ3v) is 3.73. The number of hydrogen-bond donors (Lipinski definition) is 1. The Kier molecular flexibility index (Phi) is 3.38. The minimum absolute atomic E-state index is 0.350. The molecule has 2 aliphatic rings. The molecule has 2 N–H and O–H groups in total. The summed E-state index contributed by atoms with van der Waals surface area (Å²) in [5.41, 5.74) is 7.51. The van der Waals surface area contributed by atoms with Gasteiger partial charge in [-0.15, -0.1) is 0 Å². The average molecular weight is 264 g/mol. The zero-order chi connectivity index (χ0) is 13.3. The summed E-state index contributed by atoms with van der Waals surface area (Å²) in [6.07, 6.45) is 1.73. The van der Waals surface area contributed by atoms with E-state index in [2.05, 4.69) is 14.9 Å². The number of aryl methyl sites for hydroxylation is 1.